The predicted molar refractivity (Wildman–Crippen MR) is 92.7 cm³/mol. The number of carbonyl (C=O) groups is 1. The number of carbonyl (C=O) groups excluding carboxylic acids is 1. The van der Waals surface area contributed by atoms with Gasteiger partial charge in [-0.25, -0.2) is 0 Å². The van der Waals surface area contributed by atoms with Gasteiger partial charge in [0.05, 0.1) is 13.2 Å². The average molecular weight is 315 g/mol. The fourth-order valence-electron chi connectivity index (χ4n) is 3.08. The zero-order valence-electron chi connectivity index (χ0n) is 13.7. The van der Waals surface area contributed by atoms with E-state index in [1.807, 2.05) is 41.4 Å². The first-order valence-electron chi connectivity index (χ1n) is 8.13. The van der Waals surface area contributed by atoms with Crippen LogP contribution in [0.15, 0.2) is 36.7 Å². The highest BCUT2D eigenvalue weighted by atomic mass is 16.2. The van der Waals surface area contributed by atoms with Gasteiger partial charge in [0, 0.05) is 57.0 Å². The van der Waals surface area contributed by atoms with E-state index >= 15 is 0 Å². The van der Waals surface area contributed by atoms with Crippen molar-refractivity contribution in [2.24, 2.45) is 0 Å². The predicted octanol–water partition coefficient (Wildman–Crippen LogP) is 0.984. The summed E-state index contributed by atoms with van der Waals surface area (Å²) in [5, 5.41) is 0. The second-order valence-electron chi connectivity index (χ2n) is 6.26. The molecule has 1 amide bonds. The zero-order chi connectivity index (χ0) is 16.2. The molecule has 0 radical (unpaired) electrons. The third-order valence-corrected chi connectivity index (χ3v) is 4.38. The Balaban J connectivity index is 1.54. The van der Waals surface area contributed by atoms with Crippen LogP contribution in [0.2, 0.25) is 0 Å². The van der Waals surface area contributed by atoms with Crippen LogP contribution in [0.1, 0.15) is 6.42 Å². The molecular formula is C17H25N5O. The molecule has 2 aliphatic heterocycles. The van der Waals surface area contributed by atoms with Crippen molar-refractivity contribution in [3.8, 4) is 0 Å². The Bertz CT molecular complexity index is 571. The summed E-state index contributed by atoms with van der Waals surface area (Å²) < 4.78 is 0. The summed E-state index contributed by atoms with van der Waals surface area (Å²) in [4.78, 5) is 20.9. The Hall–Kier alpha value is -2.37. The molecule has 0 bridgehead atoms. The molecule has 6 nitrogen and oxygen atoms in total. The number of nitrogens with zero attached hydrogens (tertiary/aromatic N) is 4. The van der Waals surface area contributed by atoms with Crippen LogP contribution >= 0.6 is 0 Å². The molecule has 0 saturated carbocycles. The van der Waals surface area contributed by atoms with Gasteiger partial charge in [0.15, 0.2) is 0 Å². The number of nitrogen functional groups attached to an aromatic ring is 1. The molecule has 2 N–H and O–H groups in total. The lowest BCUT2D eigenvalue weighted by Crippen LogP contribution is -2.41. The lowest BCUT2D eigenvalue weighted by Gasteiger charge is -2.25. The summed E-state index contributed by atoms with van der Waals surface area (Å²) in [7, 11) is 2.01. The maximum Gasteiger partial charge on any atom is 0.242 e. The maximum absolute atomic E-state index is 12.5. The van der Waals surface area contributed by atoms with Crippen LogP contribution in [0.5, 0.6) is 0 Å². The van der Waals surface area contributed by atoms with Gasteiger partial charge < -0.3 is 25.3 Å². The quantitative estimate of drug-likeness (QED) is 0.843. The van der Waals surface area contributed by atoms with E-state index in [1.165, 1.54) is 5.69 Å². The molecule has 124 valence electrons. The zero-order valence-corrected chi connectivity index (χ0v) is 13.7. The fraction of sp³-hybridized carbons (Fsp3) is 0.471. The number of anilines is 2. The molecule has 2 aliphatic rings. The van der Waals surface area contributed by atoms with Crippen LogP contribution in [0, 0.1) is 0 Å². The van der Waals surface area contributed by atoms with Crippen molar-refractivity contribution in [2.75, 3.05) is 57.1 Å². The fourth-order valence-corrected chi connectivity index (χ4v) is 3.08. The average Bonchev–Trinajstić information content (AvgIpc) is 2.80. The molecule has 6 heteroatoms. The summed E-state index contributed by atoms with van der Waals surface area (Å²) >= 11 is 0. The van der Waals surface area contributed by atoms with Gasteiger partial charge in [-0.3, -0.25) is 4.79 Å². The molecule has 23 heavy (non-hydrogen) atoms. The van der Waals surface area contributed by atoms with E-state index in [0.717, 1.165) is 45.0 Å². The van der Waals surface area contributed by atoms with Crippen molar-refractivity contribution < 1.29 is 4.79 Å². The first-order chi connectivity index (χ1) is 11.1. The topological polar surface area (TPSA) is 56.0 Å². The first kappa shape index (κ1) is 15.5. The van der Waals surface area contributed by atoms with Crippen LogP contribution in [-0.4, -0.2) is 67.0 Å². The summed E-state index contributed by atoms with van der Waals surface area (Å²) in [6.45, 7) is 4.69. The number of amides is 1. The maximum atomic E-state index is 12.5. The minimum absolute atomic E-state index is 0.212. The highest BCUT2D eigenvalue weighted by Crippen LogP contribution is 2.18. The molecule has 0 atom stereocenters. The standard InChI is InChI=1S/C17H25N5O/c1-19-9-10-20(14-19)13-17(23)22-8-2-7-21(11-12-22)16-5-3-15(18)4-6-16/h3-6,9-10H,2,7-8,11-14,18H2,1H3. The van der Waals surface area contributed by atoms with Crippen molar-refractivity contribution in [3.63, 3.8) is 0 Å². The van der Waals surface area contributed by atoms with E-state index < -0.39 is 0 Å². The van der Waals surface area contributed by atoms with Crippen LogP contribution in [0.4, 0.5) is 11.4 Å². The molecule has 0 spiro atoms. The molecule has 2 heterocycles. The highest BCUT2D eigenvalue weighted by molar-refractivity contribution is 5.78. The number of rotatable bonds is 3. The van der Waals surface area contributed by atoms with Crippen LogP contribution in [0.25, 0.3) is 0 Å². The van der Waals surface area contributed by atoms with E-state index in [4.69, 9.17) is 5.73 Å². The minimum atomic E-state index is 0.212. The molecule has 3 rings (SSSR count). The van der Waals surface area contributed by atoms with Gasteiger partial charge in [0.1, 0.15) is 0 Å². The Morgan fingerprint density at radius 1 is 1.09 bits per heavy atom. The van der Waals surface area contributed by atoms with Crippen molar-refractivity contribution >= 4 is 17.3 Å². The SMILES string of the molecule is CN1C=CN(CC(=O)N2CCCN(c3ccc(N)cc3)CC2)C1. The van der Waals surface area contributed by atoms with Crippen molar-refractivity contribution in [3.05, 3.63) is 36.7 Å². The van der Waals surface area contributed by atoms with Crippen molar-refractivity contribution in [1.82, 2.24) is 14.7 Å². The smallest absolute Gasteiger partial charge is 0.242 e. The molecule has 1 fully saturated rings. The van der Waals surface area contributed by atoms with Gasteiger partial charge >= 0.3 is 0 Å². The van der Waals surface area contributed by atoms with E-state index in [9.17, 15) is 4.79 Å². The molecule has 1 aromatic rings. The highest BCUT2D eigenvalue weighted by Gasteiger charge is 2.21. The van der Waals surface area contributed by atoms with E-state index in [1.54, 1.807) is 0 Å². The third-order valence-electron chi connectivity index (χ3n) is 4.38. The molecular weight excluding hydrogens is 290 g/mol. The van der Waals surface area contributed by atoms with Gasteiger partial charge in [0.2, 0.25) is 5.91 Å². The summed E-state index contributed by atoms with van der Waals surface area (Å²) in [6.07, 6.45) is 4.97. The van der Waals surface area contributed by atoms with Gasteiger partial charge in [-0.1, -0.05) is 0 Å². The second-order valence-corrected chi connectivity index (χ2v) is 6.26. The Kier molecular flexibility index (Phi) is 4.60. The summed E-state index contributed by atoms with van der Waals surface area (Å²) in [6, 6.07) is 7.97. The van der Waals surface area contributed by atoms with Gasteiger partial charge in [0.25, 0.3) is 0 Å². The number of hydrogen-bond acceptors (Lipinski definition) is 5. The summed E-state index contributed by atoms with van der Waals surface area (Å²) in [5.41, 5.74) is 7.71. The third kappa shape index (κ3) is 3.88. The molecule has 1 saturated heterocycles. The molecule has 0 aromatic heterocycles. The van der Waals surface area contributed by atoms with E-state index in [-0.39, 0.29) is 5.91 Å². The van der Waals surface area contributed by atoms with E-state index in [2.05, 4.69) is 21.9 Å². The first-order valence-corrected chi connectivity index (χ1v) is 8.13. The molecule has 0 aliphatic carbocycles. The lowest BCUT2D eigenvalue weighted by molar-refractivity contribution is -0.131. The van der Waals surface area contributed by atoms with Gasteiger partial charge in [-0.2, -0.15) is 0 Å². The van der Waals surface area contributed by atoms with Crippen molar-refractivity contribution in [2.45, 2.75) is 6.42 Å². The summed E-state index contributed by atoms with van der Waals surface area (Å²) in [5.74, 6) is 0.212. The Labute approximate surface area is 137 Å². The van der Waals surface area contributed by atoms with Crippen LogP contribution in [0.3, 0.4) is 0 Å². The minimum Gasteiger partial charge on any atom is -0.399 e. The Morgan fingerprint density at radius 3 is 2.57 bits per heavy atom. The van der Waals surface area contributed by atoms with E-state index in [0.29, 0.717) is 6.54 Å². The van der Waals surface area contributed by atoms with Crippen LogP contribution in [-0.2, 0) is 4.79 Å². The van der Waals surface area contributed by atoms with Gasteiger partial charge in [-0.15, -0.1) is 0 Å². The second kappa shape index (κ2) is 6.81. The Morgan fingerprint density at radius 2 is 1.87 bits per heavy atom. The van der Waals surface area contributed by atoms with Crippen LogP contribution < -0.4 is 10.6 Å². The van der Waals surface area contributed by atoms with Crippen molar-refractivity contribution in [1.29, 1.82) is 0 Å². The number of nitrogens with two attached hydrogens (primary N) is 1. The molecule has 0 unspecified atom stereocenters. The number of benzene rings is 1. The number of hydrogen-bond donors (Lipinski definition) is 1. The molecule has 1 aromatic carbocycles. The normalized spacial score (nSPS) is 18.5. The largest absolute Gasteiger partial charge is 0.399 e. The monoisotopic (exact) mass is 315 g/mol. The van der Waals surface area contributed by atoms with Gasteiger partial charge in [-0.05, 0) is 30.7 Å². The lowest BCUT2D eigenvalue weighted by atomic mass is 10.2.